The van der Waals surface area contributed by atoms with Gasteiger partial charge in [-0.3, -0.25) is 9.59 Å². The number of anilines is 1. The van der Waals surface area contributed by atoms with E-state index in [1.54, 1.807) is 0 Å². The lowest BCUT2D eigenvalue weighted by Crippen LogP contribution is -2.25. The molecule has 118 valence electrons. The van der Waals surface area contributed by atoms with E-state index in [-0.39, 0.29) is 11.8 Å². The van der Waals surface area contributed by atoms with Crippen molar-refractivity contribution in [2.75, 3.05) is 11.1 Å². The SMILES string of the molecule is Cc1cccc(CC(=O)NCc2ccc3c(c2)NC(=O)CS3)c1. The Morgan fingerprint density at radius 3 is 2.91 bits per heavy atom. The second kappa shape index (κ2) is 6.87. The highest BCUT2D eigenvalue weighted by atomic mass is 32.2. The molecule has 2 N–H and O–H groups in total. The first-order valence-corrected chi connectivity index (χ1v) is 8.46. The van der Waals surface area contributed by atoms with Crippen LogP contribution in [0.5, 0.6) is 0 Å². The molecule has 1 aliphatic heterocycles. The minimum atomic E-state index is -0.00766. The average molecular weight is 326 g/mol. The van der Waals surface area contributed by atoms with Crippen LogP contribution in [0, 0.1) is 6.92 Å². The zero-order valence-electron chi connectivity index (χ0n) is 12.9. The molecule has 1 heterocycles. The average Bonchev–Trinajstić information content (AvgIpc) is 2.52. The van der Waals surface area contributed by atoms with Gasteiger partial charge >= 0.3 is 0 Å². The smallest absolute Gasteiger partial charge is 0.234 e. The maximum absolute atomic E-state index is 12.1. The van der Waals surface area contributed by atoms with E-state index in [2.05, 4.69) is 10.6 Å². The molecule has 2 aromatic rings. The summed E-state index contributed by atoms with van der Waals surface area (Å²) in [5.41, 5.74) is 3.97. The normalized spacial score (nSPS) is 13.2. The zero-order valence-corrected chi connectivity index (χ0v) is 13.7. The van der Waals surface area contributed by atoms with Crippen LogP contribution in [0.1, 0.15) is 16.7 Å². The standard InChI is InChI=1S/C18H18N2O2S/c1-12-3-2-4-13(7-12)9-17(21)19-10-14-5-6-16-15(8-14)20-18(22)11-23-16/h2-8H,9-11H2,1H3,(H,19,21)(H,20,22). The Kier molecular flexibility index (Phi) is 4.67. The van der Waals surface area contributed by atoms with Gasteiger partial charge < -0.3 is 10.6 Å². The summed E-state index contributed by atoms with van der Waals surface area (Å²) in [6.07, 6.45) is 0.374. The van der Waals surface area contributed by atoms with Gasteiger partial charge in [-0.1, -0.05) is 35.9 Å². The quantitative estimate of drug-likeness (QED) is 0.908. The third-order valence-corrected chi connectivity index (χ3v) is 4.69. The Balaban J connectivity index is 1.59. The van der Waals surface area contributed by atoms with Crippen LogP contribution < -0.4 is 10.6 Å². The number of benzene rings is 2. The zero-order chi connectivity index (χ0) is 16.2. The Bertz CT molecular complexity index is 758. The maximum Gasteiger partial charge on any atom is 0.234 e. The van der Waals surface area contributed by atoms with E-state index < -0.39 is 0 Å². The van der Waals surface area contributed by atoms with Gasteiger partial charge in [-0.2, -0.15) is 0 Å². The summed E-state index contributed by atoms with van der Waals surface area (Å²) in [6.45, 7) is 2.47. The van der Waals surface area contributed by atoms with Crippen LogP contribution in [0.2, 0.25) is 0 Å². The molecule has 2 amide bonds. The van der Waals surface area contributed by atoms with Crippen molar-refractivity contribution < 1.29 is 9.59 Å². The second-order valence-electron chi connectivity index (χ2n) is 5.61. The van der Waals surface area contributed by atoms with Crippen molar-refractivity contribution in [2.45, 2.75) is 24.8 Å². The summed E-state index contributed by atoms with van der Waals surface area (Å²) in [7, 11) is 0. The molecule has 0 bridgehead atoms. The fourth-order valence-electron chi connectivity index (χ4n) is 2.51. The van der Waals surface area contributed by atoms with Crippen molar-refractivity contribution in [3.05, 3.63) is 59.2 Å². The van der Waals surface area contributed by atoms with Crippen molar-refractivity contribution in [1.29, 1.82) is 0 Å². The van der Waals surface area contributed by atoms with Crippen LogP contribution >= 0.6 is 11.8 Å². The molecule has 0 atom stereocenters. The largest absolute Gasteiger partial charge is 0.352 e. The molecule has 4 nitrogen and oxygen atoms in total. The second-order valence-corrected chi connectivity index (χ2v) is 6.63. The minimum Gasteiger partial charge on any atom is -0.352 e. The van der Waals surface area contributed by atoms with Crippen molar-refractivity contribution in [2.24, 2.45) is 0 Å². The van der Waals surface area contributed by atoms with Gasteiger partial charge in [-0.15, -0.1) is 11.8 Å². The molecular weight excluding hydrogens is 308 g/mol. The summed E-state index contributed by atoms with van der Waals surface area (Å²) in [5.74, 6) is 0.467. The molecular formula is C18H18N2O2S. The molecule has 0 spiro atoms. The van der Waals surface area contributed by atoms with Crippen molar-refractivity contribution in [3.8, 4) is 0 Å². The summed E-state index contributed by atoms with van der Waals surface area (Å²) in [5, 5.41) is 5.79. The van der Waals surface area contributed by atoms with Gasteiger partial charge in [0.2, 0.25) is 11.8 Å². The Morgan fingerprint density at radius 1 is 1.22 bits per heavy atom. The molecule has 0 saturated heterocycles. The van der Waals surface area contributed by atoms with Gasteiger partial charge in [0.05, 0.1) is 17.9 Å². The molecule has 5 heteroatoms. The van der Waals surface area contributed by atoms with Gasteiger partial charge in [0.1, 0.15) is 0 Å². The molecule has 23 heavy (non-hydrogen) atoms. The first-order valence-electron chi connectivity index (χ1n) is 7.48. The lowest BCUT2D eigenvalue weighted by Gasteiger charge is -2.17. The monoisotopic (exact) mass is 326 g/mol. The maximum atomic E-state index is 12.1. The predicted octanol–water partition coefficient (Wildman–Crippen LogP) is 2.90. The van der Waals surface area contributed by atoms with Crippen LogP contribution in [0.4, 0.5) is 5.69 Å². The Morgan fingerprint density at radius 2 is 2.09 bits per heavy atom. The van der Waals surface area contributed by atoms with Crippen molar-refractivity contribution in [3.63, 3.8) is 0 Å². The third-order valence-electron chi connectivity index (χ3n) is 3.61. The molecule has 1 aliphatic rings. The number of hydrogen-bond donors (Lipinski definition) is 2. The molecule has 0 radical (unpaired) electrons. The van der Waals surface area contributed by atoms with Crippen molar-refractivity contribution >= 4 is 29.3 Å². The summed E-state index contributed by atoms with van der Waals surface area (Å²) < 4.78 is 0. The highest BCUT2D eigenvalue weighted by molar-refractivity contribution is 8.00. The fraction of sp³-hybridized carbons (Fsp3) is 0.222. The van der Waals surface area contributed by atoms with Crippen molar-refractivity contribution in [1.82, 2.24) is 5.32 Å². The Labute approximate surface area is 139 Å². The van der Waals surface area contributed by atoms with Crippen LogP contribution in [-0.4, -0.2) is 17.6 Å². The van der Waals surface area contributed by atoms with Crippen LogP contribution in [0.15, 0.2) is 47.4 Å². The van der Waals surface area contributed by atoms with E-state index in [1.807, 2.05) is 49.4 Å². The lowest BCUT2D eigenvalue weighted by molar-refractivity contribution is -0.120. The number of aryl methyl sites for hydroxylation is 1. The van der Waals surface area contributed by atoms with E-state index in [0.29, 0.717) is 18.7 Å². The summed E-state index contributed by atoms with van der Waals surface area (Å²) >= 11 is 1.53. The minimum absolute atomic E-state index is 0.00766. The molecule has 0 aliphatic carbocycles. The number of fused-ring (bicyclic) bond motifs is 1. The van der Waals surface area contributed by atoms with Gasteiger partial charge in [0, 0.05) is 11.4 Å². The highest BCUT2D eigenvalue weighted by Gasteiger charge is 2.15. The molecule has 0 unspecified atom stereocenters. The summed E-state index contributed by atoms with van der Waals surface area (Å²) in [6, 6.07) is 13.8. The fourth-order valence-corrected chi connectivity index (χ4v) is 3.30. The third kappa shape index (κ3) is 4.13. The van der Waals surface area contributed by atoms with Gasteiger partial charge in [0.15, 0.2) is 0 Å². The van der Waals surface area contributed by atoms with Crippen LogP contribution in [0.25, 0.3) is 0 Å². The summed E-state index contributed by atoms with van der Waals surface area (Å²) in [4.78, 5) is 24.6. The lowest BCUT2D eigenvalue weighted by atomic mass is 10.1. The number of carbonyl (C=O) groups is 2. The van der Waals surface area contributed by atoms with Crippen LogP contribution in [0.3, 0.4) is 0 Å². The van der Waals surface area contributed by atoms with E-state index in [1.165, 1.54) is 11.8 Å². The topological polar surface area (TPSA) is 58.2 Å². The number of rotatable bonds is 4. The van der Waals surface area contributed by atoms with Gasteiger partial charge in [-0.05, 0) is 30.2 Å². The highest BCUT2D eigenvalue weighted by Crippen LogP contribution is 2.31. The number of amides is 2. The van der Waals surface area contributed by atoms with E-state index >= 15 is 0 Å². The molecule has 3 rings (SSSR count). The van der Waals surface area contributed by atoms with Crippen LogP contribution in [-0.2, 0) is 22.6 Å². The number of carbonyl (C=O) groups excluding carboxylic acids is 2. The van der Waals surface area contributed by atoms with E-state index in [4.69, 9.17) is 0 Å². The Hall–Kier alpha value is -2.27. The molecule has 0 aromatic heterocycles. The number of hydrogen-bond acceptors (Lipinski definition) is 3. The van der Waals surface area contributed by atoms with E-state index in [9.17, 15) is 9.59 Å². The molecule has 0 saturated carbocycles. The molecule has 0 fully saturated rings. The number of thioether (sulfide) groups is 1. The van der Waals surface area contributed by atoms with E-state index in [0.717, 1.165) is 27.3 Å². The number of nitrogens with one attached hydrogen (secondary N) is 2. The van der Waals surface area contributed by atoms with Gasteiger partial charge in [0.25, 0.3) is 0 Å². The first kappa shape index (κ1) is 15.6. The van der Waals surface area contributed by atoms with Gasteiger partial charge in [-0.25, -0.2) is 0 Å². The predicted molar refractivity (Wildman–Crippen MR) is 92.5 cm³/mol. The molecule has 2 aromatic carbocycles. The first-order chi connectivity index (χ1) is 11.1.